The summed E-state index contributed by atoms with van der Waals surface area (Å²) in [6.07, 6.45) is 8.93. The molecule has 0 aromatic heterocycles. The molecular formula is C17H37NO3SSi. The third kappa shape index (κ3) is 20.1. The van der Waals surface area contributed by atoms with Gasteiger partial charge in [-0.1, -0.05) is 50.4 Å². The molecule has 0 fully saturated rings. The van der Waals surface area contributed by atoms with E-state index in [0.29, 0.717) is 11.9 Å². The average molecular weight is 364 g/mol. The molecule has 0 aliphatic rings. The molecule has 0 saturated carbocycles. The van der Waals surface area contributed by atoms with Gasteiger partial charge in [0.05, 0.1) is 16.1 Å². The van der Waals surface area contributed by atoms with Crippen LogP contribution in [-0.4, -0.2) is 65.6 Å². The number of thioether (sulfide) groups is 1. The predicted molar refractivity (Wildman–Crippen MR) is 104 cm³/mol. The number of hydrogen-bond acceptors (Lipinski definition) is 5. The summed E-state index contributed by atoms with van der Waals surface area (Å²) in [7, 11) is 3.92. The van der Waals surface area contributed by atoms with Crippen LogP contribution >= 0.6 is 11.8 Å². The standard InChI is InChI=1S/C17H37NO3SSi/c1-4-5-6-7-8-10-17(19)22-13-9-14-23-16-21-15-20-12-11-18(2)3/h4-16,23H2,1-3H3. The Morgan fingerprint density at radius 1 is 1.09 bits per heavy atom. The normalized spacial score (nSPS) is 11.8. The number of hydrogen-bond donors (Lipinski definition) is 0. The van der Waals surface area contributed by atoms with E-state index in [1.54, 1.807) is 0 Å². The van der Waals surface area contributed by atoms with Gasteiger partial charge in [0.1, 0.15) is 6.79 Å². The van der Waals surface area contributed by atoms with Crippen LogP contribution in [-0.2, 0) is 14.3 Å². The van der Waals surface area contributed by atoms with E-state index in [-0.39, 0.29) is 9.52 Å². The van der Waals surface area contributed by atoms with Crippen molar-refractivity contribution in [2.45, 2.75) is 57.9 Å². The van der Waals surface area contributed by atoms with Gasteiger partial charge in [-0.2, -0.15) is 0 Å². The number of carbonyl (C=O) groups is 1. The maximum atomic E-state index is 11.7. The highest BCUT2D eigenvalue weighted by molar-refractivity contribution is 8.13. The molecule has 0 aliphatic carbocycles. The smallest absolute Gasteiger partial charge is 0.188 e. The Balaban J connectivity index is 3.13. The fraction of sp³-hybridized carbons (Fsp3) is 0.941. The lowest BCUT2D eigenvalue weighted by atomic mass is 10.1. The zero-order valence-corrected chi connectivity index (χ0v) is 17.7. The van der Waals surface area contributed by atoms with Gasteiger partial charge < -0.3 is 14.4 Å². The fourth-order valence-electron chi connectivity index (χ4n) is 2.04. The third-order valence-corrected chi connectivity index (χ3v) is 6.13. The Labute approximate surface area is 149 Å². The minimum Gasteiger partial charge on any atom is -0.359 e. The molecule has 138 valence electrons. The predicted octanol–water partition coefficient (Wildman–Crippen LogP) is 3.09. The average Bonchev–Trinajstić information content (AvgIpc) is 2.52. The van der Waals surface area contributed by atoms with Crippen LogP contribution in [0.4, 0.5) is 0 Å². The molecule has 0 saturated heterocycles. The topological polar surface area (TPSA) is 38.8 Å². The van der Waals surface area contributed by atoms with Crippen LogP contribution in [0.2, 0.25) is 6.04 Å². The van der Waals surface area contributed by atoms with Crippen LogP contribution in [0, 0.1) is 0 Å². The first kappa shape index (κ1) is 23.1. The lowest BCUT2D eigenvalue weighted by Gasteiger charge is -2.09. The number of rotatable bonds is 17. The summed E-state index contributed by atoms with van der Waals surface area (Å²) in [5, 5.41) is 0.383. The van der Waals surface area contributed by atoms with Gasteiger partial charge in [0.25, 0.3) is 0 Å². The number of unbranched alkanes of at least 4 members (excludes halogenated alkanes) is 4. The van der Waals surface area contributed by atoms with Crippen molar-refractivity contribution in [1.82, 2.24) is 4.90 Å². The lowest BCUT2D eigenvalue weighted by Crippen LogP contribution is -2.19. The molecule has 0 N–H and O–H groups in total. The van der Waals surface area contributed by atoms with Crippen molar-refractivity contribution in [2.24, 2.45) is 0 Å². The van der Waals surface area contributed by atoms with Crippen LogP contribution in [0.15, 0.2) is 0 Å². The van der Waals surface area contributed by atoms with Crippen LogP contribution in [0.25, 0.3) is 0 Å². The molecule has 0 radical (unpaired) electrons. The second kappa shape index (κ2) is 18.5. The maximum Gasteiger partial charge on any atom is 0.188 e. The summed E-state index contributed by atoms with van der Waals surface area (Å²) in [6, 6.07) is 1.26. The molecule has 4 nitrogen and oxygen atoms in total. The van der Waals surface area contributed by atoms with Crippen molar-refractivity contribution in [3.05, 3.63) is 0 Å². The summed E-state index contributed by atoms with van der Waals surface area (Å²) in [5.41, 5.74) is 0. The third-order valence-electron chi connectivity index (χ3n) is 3.53. The zero-order chi connectivity index (χ0) is 17.2. The first-order valence-corrected chi connectivity index (χ1v) is 12.1. The number of nitrogens with zero attached hydrogens (tertiary/aromatic N) is 1. The van der Waals surface area contributed by atoms with Gasteiger partial charge in [-0.05, 0) is 26.9 Å². The van der Waals surface area contributed by atoms with Gasteiger partial charge in [-0.3, -0.25) is 4.79 Å². The van der Waals surface area contributed by atoms with Gasteiger partial charge in [-0.15, -0.1) is 0 Å². The summed E-state index contributed by atoms with van der Waals surface area (Å²) in [4.78, 5) is 13.8. The minimum absolute atomic E-state index is 0.146. The van der Waals surface area contributed by atoms with Crippen molar-refractivity contribution < 1.29 is 14.3 Å². The maximum absolute atomic E-state index is 11.7. The highest BCUT2D eigenvalue weighted by Gasteiger charge is 2.02. The Bertz CT molecular complexity index is 268. The Hall–Kier alpha value is 0.117. The summed E-state index contributed by atoms with van der Waals surface area (Å²) >= 11 is 1.53. The summed E-state index contributed by atoms with van der Waals surface area (Å²) in [6.45, 7) is 4.30. The number of ether oxygens (including phenoxy) is 2. The largest absolute Gasteiger partial charge is 0.359 e. The van der Waals surface area contributed by atoms with Crippen molar-refractivity contribution in [1.29, 1.82) is 0 Å². The molecular weight excluding hydrogens is 326 g/mol. The first-order chi connectivity index (χ1) is 11.2. The van der Waals surface area contributed by atoms with Crippen molar-refractivity contribution in [3.8, 4) is 0 Å². The minimum atomic E-state index is -0.146. The molecule has 0 aromatic carbocycles. The Morgan fingerprint density at radius 2 is 1.87 bits per heavy atom. The van der Waals surface area contributed by atoms with Crippen LogP contribution < -0.4 is 0 Å². The van der Waals surface area contributed by atoms with Crippen molar-refractivity contribution in [3.63, 3.8) is 0 Å². The number of likely N-dealkylation sites (N-methyl/N-ethyl adjacent to an activating group) is 1. The fourth-order valence-corrected chi connectivity index (χ4v) is 4.39. The van der Waals surface area contributed by atoms with E-state index in [1.807, 2.05) is 14.1 Å². The van der Waals surface area contributed by atoms with Crippen molar-refractivity contribution >= 4 is 26.4 Å². The van der Waals surface area contributed by atoms with Gasteiger partial charge in [0, 0.05) is 24.9 Å². The van der Waals surface area contributed by atoms with Gasteiger partial charge in [0.2, 0.25) is 0 Å². The Morgan fingerprint density at radius 3 is 2.61 bits per heavy atom. The number of carbonyl (C=O) groups excluding carboxylic acids is 1. The van der Waals surface area contributed by atoms with E-state index in [9.17, 15) is 4.79 Å². The van der Waals surface area contributed by atoms with Crippen LogP contribution in [0.5, 0.6) is 0 Å². The van der Waals surface area contributed by atoms with E-state index in [0.717, 1.165) is 44.4 Å². The molecule has 0 aliphatic heterocycles. The van der Waals surface area contributed by atoms with Gasteiger partial charge in [-0.25, -0.2) is 0 Å². The Kier molecular flexibility index (Phi) is 18.5. The van der Waals surface area contributed by atoms with Crippen molar-refractivity contribution in [2.75, 3.05) is 46.0 Å². The zero-order valence-electron chi connectivity index (χ0n) is 15.5. The van der Waals surface area contributed by atoms with Crippen LogP contribution in [0.1, 0.15) is 51.9 Å². The SMILES string of the molecule is CCCCCCCC(=O)SCCC[SiH2]COCOCCN(C)C. The molecule has 0 bridgehead atoms. The molecule has 6 heteroatoms. The molecule has 0 amide bonds. The van der Waals surface area contributed by atoms with E-state index in [2.05, 4.69) is 11.8 Å². The molecule has 0 spiro atoms. The van der Waals surface area contributed by atoms with Gasteiger partial charge in [0.15, 0.2) is 5.12 Å². The van der Waals surface area contributed by atoms with Crippen LogP contribution in [0.3, 0.4) is 0 Å². The highest BCUT2D eigenvalue weighted by Crippen LogP contribution is 2.13. The van der Waals surface area contributed by atoms with E-state index in [4.69, 9.17) is 9.47 Å². The molecule has 0 unspecified atom stereocenters. The highest BCUT2D eigenvalue weighted by atomic mass is 32.2. The second-order valence-corrected chi connectivity index (χ2v) is 9.16. The molecule has 0 heterocycles. The lowest BCUT2D eigenvalue weighted by molar-refractivity contribution is -0.111. The summed E-state index contributed by atoms with van der Waals surface area (Å²) in [5.74, 6) is 0.986. The second-order valence-electron chi connectivity index (χ2n) is 6.18. The van der Waals surface area contributed by atoms with Gasteiger partial charge >= 0.3 is 0 Å². The molecule has 0 aromatic rings. The molecule has 0 rings (SSSR count). The molecule has 23 heavy (non-hydrogen) atoms. The quantitative estimate of drug-likeness (QED) is 0.226. The first-order valence-electron chi connectivity index (χ1n) is 9.12. The molecule has 0 atom stereocenters. The summed E-state index contributed by atoms with van der Waals surface area (Å²) < 4.78 is 10.9. The van der Waals surface area contributed by atoms with E-state index >= 15 is 0 Å². The van der Waals surface area contributed by atoms with E-state index in [1.165, 1.54) is 43.5 Å². The monoisotopic (exact) mass is 363 g/mol. The van der Waals surface area contributed by atoms with E-state index < -0.39 is 0 Å².